The summed E-state index contributed by atoms with van der Waals surface area (Å²) >= 11 is 0. The van der Waals surface area contributed by atoms with E-state index in [0.717, 1.165) is 24.1 Å². The van der Waals surface area contributed by atoms with E-state index in [4.69, 9.17) is 4.52 Å². The summed E-state index contributed by atoms with van der Waals surface area (Å²) in [4.78, 5) is 14.5. The number of aryl methyl sites for hydroxylation is 1. The number of hydrogen-bond donors (Lipinski definition) is 1. The molecule has 2 atom stereocenters. The van der Waals surface area contributed by atoms with Crippen molar-refractivity contribution in [2.45, 2.75) is 38.5 Å². The van der Waals surface area contributed by atoms with Crippen LogP contribution in [0.3, 0.4) is 0 Å². The minimum absolute atomic E-state index is 0.00886. The Morgan fingerprint density at radius 2 is 2.16 bits per heavy atom. The van der Waals surface area contributed by atoms with Crippen molar-refractivity contribution >= 4 is 5.91 Å². The third kappa shape index (κ3) is 3.46. The minimum Gasteiger partial charge on any atom is -0.396 e. The number of aliphatic hydroxyl groups is 1. The van der Waals surface area contributed by atoms with Crippen LogP contribution in [0.15, 0.2) is 23.0 Å². The van der Waals surface area contributed by atoms with Gasteiger partial charge >= 0.3 is 0 Å². The van der Waals surface area contributed by atoms with Crippen LogP contribution in [0.2, 0.25) is 0 Å². The van der Waals surface area contributed by atoms with E-state index < -0.39 is 0 Å². The molecule has 7 nitrogen and oxygen atoms in total. The summed E-state index contributed by atoms with van der Waals surface area (Å²) in [5, 5.41) is 18.0. The summed E-state index contributed by atoms with van der Waals surface area (Å²) in [6, 6.07) is 1.77. The molecular formula is C18H26N4O3. The molecule has 2 aromatic heterocycles. The third-order valence-electron chi connectivity index (χ3n) is 5.26. The van der Waals surface area contributed by atoms with Gasteiger partial charge in [0.15, 0.2) is 0 Å². The first-order valence-corrected chi connectivity index (χ1v) is 8.92. The van der Waals surface area contributed by atoms with Gasteiger partial charge in [-0.15, -0.1) is 0 Å². The molecule has 1 fully saturated rings. The predicted octanol–water partition coefficient (Wildman–Crippen LogP) is 2.16. The predicted molar refractivity (Wildman–Crippen MR) is 92.3 cm³/mol. The Balaban J connectivity index is 1.75. The minimum atomic E-state index is -0.158. The van der Waals surface area contributed by atoms with Crippen LogP contribution in [0.1, 0.15) is 60.3 Å². The number of nitrogens with zero attached hydrogens (tertiary/aromatic N) is 4. The van der Waals surface area contributed by atoms with Crippen LogP contribution in [0, 0.1) is 5.92 Å². The monoisotopic (exact) mass is 346 g/mol. The first kappa shape index (κ1) is 17.7. The van der Waals surface area contributed by atoms with Crippen LogP contribution in [0.4, 0.5) is 0 Å². The molecule has 0 unspecified atom stereocenters. The van der Waals surface area contributed by atoms with Gasteiger partial charge in [0.2, 0.25) is 5.76 Å². The number of aliphatic hydroxyl groups excluding tert-OH is 1. The van der Waals surface area contributed by atoms with Crippen LogP contribution >= 0.6 is 0 Å². The Morgan fingerprint density at radius 1 is 1.40 bits per heavy atom. The number of likely N-dealkylation sites (tertiary alicyclic amines) is 1. The Morgan fingerprint density at radius 3 is 2.76 bits per heavy atom. The molecule has 2 aromatic rings. The fourth-order valence-corrected chi connectivity index (χ4v) is 3.68. The maximum absolute atomic E-state index is 12.8. The van der Waals surface area contributed by atoms with E-state index in [1.54, 1.807) is 21.8 Å². The fraction of sp³-hybridized carbons (Fsp3) is 0.611. The third-order valence-corrected chi connectivity index (χ3v) is 5.26. The number of amides is 1. The topological polar surface area (TPSA) is 84.4 Å². The Kier molecular flexibility index (Phi) is 5.22. The molecule has 1 saturated heterocycles. The summed E-state index contributed by atoms with van der Waals surface area (Å²) in [5.74, 6) is 0.538. The first-order valence-electron chi connectivity index (χ1n) is 8.92. The van der Waals surface area contributed by atoms with Gasteiger partial charge in [0.1, 0.15) is 0 Å². The quantitative estimate of drug-likeness (QED) is 0.866. The van der Waals surface area contributed by atoms with Crippen LogP contribution in [0.5, 0.6) is 0 Å². The molecule has 0 radical (unpaired) electrons. The van der Waals surface area contributed by atoms with Crippen molar-refractivity contribution in [1.29, 1.82) is 0 Å². The fourth-order valence-electron chi connectivity index (χ4n) is 3.68. The highest BCUT2D eigenvalue weighted by atomic mass is 16.5. The number of hydrogen-bond acceptors (Lipinski definition) is 5. The summed E-state index contributed by atoms with van der Waals surface area (Å²) in [7, 11) is 1.86. The lowest BCUT2D eigenvalue weighted by Gasteiger charge is -2.14. The average molecular weight is 346 g/mol. The highest BCUT2D eigenvalue weighted by molar-refractivity contribution is 5.91. The van der Waals surface area contributed by atoms with E-state index >= 15 is 0 Å². The van der Waals surface area contributed by atoms with Crippen LogP contribution in [-0.4, -0.2) is 50.5 Å². The zero-order valence-electron chi connectivity index (χ0n) is 15.1. The summed E-state index contributed by atoms with van der Waals surface area (Å²) in [6.07, 6.45) is 5.69. The largest absolute Gasteiger partial charge is 0.396 e. The van der Waals surface area contributed by atoms with E-state index in [9.17, 15) is 9.90 Å². The van der Waals surface area contributed by atoms with Gasteiger partial charge in [-0.1, -0.05) is 19.0 Å². The molecule has 1 aliphatic heterocycles. The number of carbonyl (C=O) groups excluding carboxylic acids is 1. The molecule has 25 heavy (non-hydrogen) atoms. The van der Waals surface area contributed by atoms with Gasteiger partial charge in [0, 0.05) is 56.8 Å². The van der Waals surface area contributed by atoms with Gasteiger partial charge in [0.05, 0.1) is 11.9 Å². The lowest BCUT2D eigenvalue weighted by molar-refractivity contribution is 0.0739. The van der Waals surface area contributed by atoms with Crippen molar-refractivity contribution in [3.8, 4) is 0 Å². The lowest BCUT2D eigenvalue weighted by Crippen LogP contribution is -2.29. The molecule has 0 aromatic carbocycles. The first-order chi connectivity index (χ1) is 12.1. The van der Waals surface area contributed by atoms with E-state index in [1.165, 1.54) is 0 Å². The van der Waals surface area contributed by atoms with Crippen molar-refractivity contribution in [3.63, 3.8) is 0 Å². The van der Waals surface area contributed by atoms with Crippen molar-refractivity contribution in [2.24, 2.45) is 13.0 Å². The van der Waals surface area contributed by atoms with Gasteiger partial charge in [-0.3, -0.25) is 9.48 Å². The molecule has 1 amide bonds. The molecule has 3 heterocycles. The molecule has 0 aliphatic carbocycles. The average Bonchev–Trinajstić information content (AvgIpc) is 3.34. The molecule has 7 heteroatoms. The molecular weight excluding hydrogens is 320 g/mol. The maximum Gasteiger partial charge on any atom is 0.292 e. The molecule has 0 saturated carbocycles. The molecule has 0 bridgehead atoms. The van der Waals surface area contributed by atoms with Crippen molar-refractivity contribution < 1.29 is 14.4 Å². The van der Waals surface area contributed by atoms with Crippen LogP contribution in [-0.2, 0) is 7.05 Å². The van der Waals surface area contributed by atoms with Gasteiger partial charge in [-0.25, -0.2) is 0 Å². The Bertz CT molecular complexity index is 719. The van der Waals surface area contributed by atoms with E-state index in [-0.39, 0.29) is 30.1 Å². The van der Waals surface area contributed by atoms with E-state index in [0.29, 0.717) is 19.0 Å². The molecule has 136 valence electrons. The second kappa shape index (κ2) is 7.39. The summed E-state index contributed by atoms with van der Waals surface area (Å²) in [5.41, 5.74) is 1.89. The second-order valence-electron chi connectivity index (χ2n) is 6.84. The number of rotatable bonds is 6. The van der Waals surface area contributed by atoms with Crippen molar-refractivity contribution in [3.05, 3.63) is 35.5 Å². The standard InChI is InChI=1S/C18H26N4O3/c1-4-12(5-2)16-6-17(25-20-16)18(24)22-9-14(11-23)15(10-22)13-7-19-21(3)8-13/h6-8,12,14-15,23H,4-5,9-11H2,1-3H3/t14-,15-/m0/s1. The van der Waals surface area contributed by atoms with Crippen molar-refractivity contribution in [1.82, 2.24) is 19.8 Å². The second-order valence-corrected chi connectivity index (χ2v) is 6.84. The van der Waals surface area contributed by atoms with Crippen LogP contribution in [0.25, 0.3) is 0 Å². The number of aromatic nitrogens is 3. The molecule has 1 N–H and O–H groups in total. The molecule has 1 aliphatic rings. The zero-order chi connectivity index (χ0) is 18.0. The SMILES string of the molecule is CCC(CC)c1cc(C(=O)N2C[C@@H](CO)[C@H](c3cnn(C)c3)C2)on1. The highest BCUT2D eigenvalue weighted by Gasteiger charge is 2.37. The van der Waals surface area contributed by atoms with Crippen molar-refractivity contribution in [2.75, 3.05) is 19.7 Å². The molecule has 3 rings (SSSR count). The Labute approximate surface area is 147 Å². The molecule has 0 spiro atoms. The number of carbonyl (C=O) groups is 1. The van der Waals surface area contributed by atoms with Gasteiger partial charge < -0.3 is 14.5 Å². The van der Waals surface area contributed by atoms with Gasteiger partial charge in [0.25, 0.3) is 5.91 Å². The van der Waals surface area contributed by atoms with Gasteiger partial charge in [-0.05, 0) is 18.4 Å². The lowest BCUT2D eigenvalue weighted by atomic mass is 9.92. The zero-order valence-corrected chi connectivity index (χ0v) is 15.1. The maximum atomic E-state index is 12.8. The normalized spacial score (nSPS) is 20.6. The van der Waals surface area contributed by atoms with E-state index in [2.05, 4.69) is 24.1 Å². The van der Waals surface area contributed by atoms with Crippen LogP contribution < -0.4 is 0 Å². The summed E-state index contributed by atoms with van der Waals surface area (Å²) < 4.78 is 7.06. The summed E-state index contributed by atoms with van der Waals surface area (Å²) in [6.45, 7) is 5.32. The van der Waals surface area contributed by atoms with E-state index in [1.807, 2.05) is 13.2 Å². The smallest absolute Gasteiger partial charge is 0.292 e. The highest BCUT2D eigenvalue weighted by Crippen LogP contribution is 2.33. The van der Waals surface area contributed by atoms with Gasteiger partial charge in [-0.2, -0.15) is 5.10 Å². The Hall–Kier alpha value is -2.15.